The molecule has 3 rings (SSSR count). The van der Waals surface area contributed by atoms with E-state index < -0.39 is 0 Å². The molecule has 0 radical (unpaired) electrons. The van der Waals surface area contributed by atoms with Gasteiger partial charge in [0.05, 0.1) is 5.52 Å². The van der Waals surface area contributed by atoms with E-state index in [1.807, 2.05) is 13.0 Å². The number of hydrogen-bond acceptors (Lipinski definition) is 3. The quantitative estimate of drug-likeness (QED) is 0.913. The molecule has 1 aliphatic carbocycles. The number of halogens is 1. The van der Waals surface area contributed by atoms with Gasteiger partial charge < -0.3 is 10.2 Å². The maximum Gasteiger partial charge on any atom is 0.124 e. The number of benzene rings is 1. The first-order valence-electron chi connectivity index (χ1n) is 7.52. The molecule has 1 aliphatic rings. The number of aromatic nitrogens is 1. The zero-order valence-electron chi connectivity index (χ0n) is 12.9. The fourth-order valence-corrected chi connectivity index (χ4v) is 2.94. The van der Waals surface area contributed by atoms with Gasteiger partial charge in [-0.2, -0.15) is 0 Å². The molecule has 0 amide bonds. The van der Waals surface area contributed by atoms with Crippen LogP contribution in [0, 0.1) is 18.7 Å². The van der Waals surface area contributed by atoms with E-state index in [1.54, 1.807) is 12.1 Å². The van der Waals surface area contributed by atoms with E-state index in [0.29, 0.717) is 6.04 Å². The predicted molar refractivity (Wildman–Crippen MR) is 85.1 cm³/mol. The van der Waals surface area contributed by atoms with Crippen LogP contribution < -0.4 is 5.32 Å². The molecule has 1 N–H and O–H groups in total. The van der Waals surface area contributed by atoms with E-state index in [0.717, 1.165) is 34.7 Å². The van der Waals surface area contributed by atoms with Crippen LogP contribution in [0.2, 0.25) is 0 Å². The highest BCUT2D eigenvalue weighted by molar-refractivity contribution is 5.91. The summed E-state index contributed by atoms with van der Waals surface area (Å²) >= 11 is 0. The zero-order chi connectivity index (χ0) is 15.0. The zero-order valence-corrected chi connectivity index (χ0v) is 12.9. The van der Waals surface area contributed by atoms with Crippen LogP contribution in [0.5, 0.6) is 0 Å². The van der Waals surface area contributed by atoms with Gasteiger partial charge in [0, 0.05) is 29.4 Å². The first-order valence-corrected chi connectivity index (χ1v) is 7.52. The van der Waals surface area contributed by atoms with Crippen LogP contribution in [0.25, 0.3) is 10.9 Å². The van der Waals surface area contributed by atoms with Gasteiger partial charge >= 0.3 is 0 Å². The van der Waals surface area contributed by atoms with Gasteiger partial charge in [-0.05, 0) is 64.0 Å². The second-order valence-corrected chi connectivity index (χ2v) is 6.22. The smallest absolute Gasteiger partial charge is 0.124 e. The van der Waals surface area contributed by atoms with Crippen molar-refractivity contribution in [2.75, 3.05) is 26.0 Å². The Bertz CT molecular complexity index is 648. The lowest BCUT2D eigenvalue weighted by atomic mass is 10.1. The molecular weight excluding hydrogens is 265 g/mol. The molecule has 3 nitrogen and oxygen atoms in total. The van der Waals surface area contributed by atoms with Crippen LogP contribution >= 0.6 is 0 Å². The van der Waals surface area contributed by atoms with E-state index in [-0.39, 0.29) is 5.82 Å². The lowest BCUT2D eigenvalue weighted by molar-refractivity contribution is 0.276. The predicted octanol–water partition coefficient (Wildman–Crippen LogP) is 3.43. The van der Waals surface area contributed by atoms with Crippen molar-refractivity contribution in [2.24, 2.45) is 5.92 Å². The summed E-state index contributed by atoms with van der Waals surface area (Å²) < 4.78 is 13.5. The SMILES string of the molecule is Cc1cc(NCC(C2CC2)N(C)C)c2cc(F)ccc2n1. The largest absolute Gasteiger partial charge is 0.383 e. The molecule has 112 valence electrons. The van der Waals surface area contributed by atoms with Crippen molar-refractivity contribution < 1.29 is 4.39 Å². The second kappa shape index (κ2) is 5.60. The fourth-order valence-electron chi connectivity index (χ4n) is 2.94. The molecule has 1 atom stereocenters. The average molecular weight is 287 g/mol. The minimum absolute atomic E-state index is 0.220. The molecule has 4 heteroatoms. The molecule has 0 aliphatic heterocycles. The van der Waals surface area contributed by atoms with Crippen molar-refractivity contribution in [3.05, 3.63) is 35.8 Å². The molecule has 1 aromatic heterocycles. The maximum atomic E-state index is 13.5. The third-order valence-corrected chi connectivity index (χ3v) is 4.23. The number of pyridine rings is 1. The molecule has 1 heterocycles. The van der Waals surface area contributed by atoms with Gasteiger partial charge in [0.1, 0.15) is 5.82 Å². The van der Waals surface area contributed by atoms with Gasteiger partial charge in [0.2, 0.25) is 0 Å². The van der Waals surface area contributed by atoms with E-state index in [2.05, 4.69) is 29.3 Å². The fraction of sp³-hybridized carbons (Fsp3) is 0.471. The molecule has 0 bridgehead atoms. The number of likely N-dealkylation sites (N-methyl/N-ethyl adjacent to an activating group) is 1. The molecule has 2 aromatic rings. The molecule has 1 unspecified atom stereocenters. The summed E-state index contributed by atoms with van der Waals surface area (Å²) in [6, 6.07) is 7.30. The lowest BCUT2D eigenvalue weighted by Gasteiger charge is -2.25. The highest BCUT2D eigenvalue weighted by Gasteiger charge is 2.32. The van der Waals surface area contributed by atoms with E-state index in [1.165, 1.54) is 18.9 Å². The Hall–Kier alpha value is -1.68. The number of rotatable bonds is 5. The minimum atomic E-state index is -0.220. The normalized spacial score (nSPS) is 16.4. The van der Waals surface area contributed by atoms with Gasteiger partial charge in [0.25, 0.3) is 0 Å². The summed E-state index contributed by atoms with van der Waals surface area (Å²) in [7, 11) is 4.25. The summed E-state index contributed by atoms with van der Waals surface area (Å²) in [6.45, 7) is 2.85. The first kappa shape index (κ1) is 14.3. The Labute approximate surface area is 125 Å². The van der Waals surface area contributed by atoms with Crippen molar-refractivity contribution in [3.8, 4) is 0 Å². The monoisotopic (exact) mass is 287 g/mol. The Morgan fingerprint density at radius 3 is 2.76 bits per heavy atom. The highest BCUT2D eigenvalue weighted by atomic mass is 19.1. The highest BCUT2D eigenvalue weighted by Crippen LogP contribution is 2.35. The van der Waals surface area contributed by atoms with Crippen LogP contribution in [-0.4, -0.2) is 36.6 Å². The van der Waals surface area contributed by atoms with Crippen LogP contribution in [-0.2, 0) is 0 Å². The Morgan fingerprint density at radius 2 is 2.10 bits per heavy atom. The van der Waals surface area contributed by atoms with Crippen molar-refractivity contribution in [1.29, 1.82) is 0 Å². The molecular formula is C17H22FN3. The molecule has 1 saturated carbocycles. The topological polar surface area (TPSA) is 28.2 Å². The van der Waals surface area contributed by atoms with Crippen molar-refractivity contribution >= 4 is 16.6 Å². The standard InChI is InChI=1S/C17H22FN3/c1-11-8-16(14-9-13(18)6-7-15(14)20-11)19-10-17(21(2)3)12-4-5-12/h6-9,12,17H,4-5,10H2,1-3H3,(H,19,20). The van der Waals surface area contributed by atoms with Crippen LogP contribution in [0.3, 0.4) is 0 Å². The van der Waals surface area contributed by atoms with Crippen LogP contribution in [0.15, 0.2) is 24.3 Å². The summed E-state index contributed by atoms with van der Waals surface area (Å²) in [6.07, 6.45) is 2.63. The maximum absolute atomic E-state index is 13.5. The number of fused-ring (bicyclic) bond motifs is 1. The van der Waals surface area contributed by atoms with Gasteiger partial charge in [-0.15, -0.1) is 0 Å². The number of anilines is 1. The second-order valence-electron chi connectivity index (χ2n) is 6.22. The average Bonchev–Trinajstić information content (AvgIpc) is 3.23. The number of nitrogens with zero attached hydrogens (tertiary/aromatic N) is 2. The molecule has 21 heavy (non-hydrogen) atoms. The molecule has 1 aromatic carbocycles. The third-order valence-electron chi connectivity index (χ3n) is 4.23. The number of hydrogen-bond donors (Lipinski definition) is 1. The van der Waals surface area contributed by atoms with Gasteiger partial charge in [-0.25, -0.2) is 4.39 Å². The first-order chi connectivity index (χ1) is 10.0. The molecule has 1 fully saturated rings. The molecule has 0 saturated heterocycles. The van der Waals surface area contributed by atoms with E-state index >= 15 is 0 Å². The van der Waals surface area contributed by atoms with Gasteiger partial charge in [0.15, 0.2) is 0 Å². The number of nitrogens with one attached hydrogen (secondary N) is 1. The minimum Gasteiger partial charge on any atom is -0.383 e. The Morgan fingerprint density at radius 1 is 1.33 bits per heavy atom. The summed E-state index contributed by atoms with van der Waals surface area (Å²) in [5, 5.41) is 4.37. The van der Waals surface area contributed by atoms with Crippen LogP contribution in [0.4, 0.5) is 10.1 Å². The summed E-state index contributed by atoms with van der Waals surface area (Å²) in [4.78, 5) is 6.75. The van der Waals surface area contributed by atoms with Crippen molar-refractivity contribution in [1.82, 2.24) is 9.88 Å². The van der Waals surface area contributed by atoms with Crippen molar-refractivity contribution in [2.45, 2.75) is 25.8 Å². The van der Waals surface area contributed by atoms with E-state index in [9.17, 15) is 4.39 Å². The van der Waals surface area contributed by atoms with Gasteiger partial charge in [-0.1, -0.05) is 0 Å². The Balaban J connectivity index is 1.87. The third kappa shape index (κ3) is 3.16. The Kier molecular flexibility index (Phi) is 3.81. The van der Waals surface area contributed by atoms with Crippen molar-refractivity contribution in [3.63, 3.8) is 0 Å². The van der Waals surface area contributed by atoms with Gasteiger partial charge in [-0.3, -0.25) is 4.98 Å². The summed E-state index contributed by atoms with van der Waals surface area (Å²) in [5.74, 6) is 0.570. The molecule has 0 spiro atoms. The summed E-state index contributed by atoms with van der Waals surface area (Å²) in [5.41, 5.74) is 2.76. The van der Waals surface area contributed by atoms with Crippen LogP contribution in [0.1, 0.15) is 18.5 Å². The number of aryl methyl sites for hydroxylation is 1. The van der Waals surface area contributed by atoms with E-state index in [4.69, 9.17) is 0 Å². The lowest BCUT2D eigenvalue weighted by Crippen LogP contribution is -2.36.